The van der Waals surface area contributed by atoms with E-state index in [4.69, 9.17) is 13.6 Å². The topological polar surface area (TPSA) is 93.2 Å². The van der Waals surface area contributed by atoms with Crippen molar-refractivity contribution in [1.82, 2.24) is 9.80 Å². The summed E-state index contributed by atoms with van der Waals surface area (Å²) in [4.78, 5) is 40.9. The van der Waals surface area contributed by atoms with E-state index in [1.807, 2.05) is 13.8 Å². The minimum Gasteiger partial charge on any atom is -0.491 e. The van der Waals surface area contributed by atoms with E-state index in [1.165, 1.54) is 6.26 Å². The molecule has 4 rings (SSSR count). The van der Waals surface area contributed by atoms with Crippen molar-refractivity contribution in [3.63, 3.8) is 0 Å². The minimum atomic E-state index is -0.691. The van der Waals surface area contributed by atoms with Crippen LogP contribution in [0.1, 0.15) is 34.8 Å². The predicted octanol–water partition coefficient (Wildman–Crippen LogP) is 2.77. The lowest BCUT2D eigenvalue weighted by Gasteiger charge is -2.34. The highest BCUT2D eigenvalue weighted by atomic mass is 16.5. The number of carbonyl (C=O) groups excluding carboxylic acids is 2. The van der Waals surface area contributed by atoms with Gasteiger partial charge in [0.25, 0.3) is 11.8 Å². The molecule has 0 aliphatic carbocycles. The van der Waals surface area contributed by atoms with Gasteiger partial charge in [-0.3, -0.25) is 9.59 Å². The summed E-state index contributed by atoms with van der Waals surface area (Å²) in [7, 11) is 0. The van der Waals surface area contributed by atoms with Crippen LogP contribution in [0.5, 0.6) is 5.75 Å². The van der Waals surface area contributed by atoms with Crippen molar-refractivity contribution < 1.29 is 23.2 Å². The molecule has 8 nitrogen and oxygen atoms in total. The van der Waals surface area contributed by atoms with Gasteiger partial charge in [-0.05, 0) is 44.2 Å². The number of nitrogens with zero attached hydrogens (tertiary/aromatic N) is 2. The molecule has 0 radical (unpaired) electrons. The Morgan fingerprint density at radius 3 is 2.33 bits per heavy atom. The zero-order valence-corrected chi connectivity index (χ0v) is 16.8. The lowest BCUT2D eigenvalue weighted by Crippen LogP contribution is -2.51. The van der Waals surface area contributed by atoms with Crippen LogP contribution in [0.4, 0.5) is 0 Å². The first-order chi connectivity index (χ1) is 14.4. The molecule has 0 N–H and O–H groups in total. The van der Waals surface area contributed by atoms with Gasteiger partial charge in [-0.2, -0.15) is 0 Å². The molecule has 156 valence electrons. The Balaban J connectivity index is 1.49. The predicted molar refractivity (Wildman–Crippen MR) is 109 cm³/mol. The van der Waals surface area contributed by atoms with E-state index in [1.54, 1.807) is 46.2 Å². The third-order valence-electron chi connectivity index (χ3n) is 4.90. The number of benzene rings is 1. The van der Waals surface area contributed by atoms with Gasteiger partial charge in [0.2, 0.25) is 0 Å². The molecule has 1 aliphatic heterocycles. The fraction of sp³-hybridized carbons (Fsp3) is 0.318. The number of piperazine rings is 1. The second-order valence-corrected chi connectivity index (χ2v) is 7.38. The van der Waals surface area contributed by atoms with Gasteiger partial charge in [-0.15, -0.1) is 0 Å². The van der Waals surface area contributed by atoms with Gasteiger partial charge in [-0.1, -0.05) is 0 Å². The molecule has 8 heteroatoms. The SMILES string of the molecule is CC(C)Oc1ccc2cc(C(=O)N3CCN(C(=O)c4ccco4)CC3)c(=O)oc2c1. The highest BCUT2D eigenvalue weighted by molar-refractivity contribution is 5.97. The highest BCUT2D eigenvalue weighted by Gasteiger charge is 2.28. The summed E-state index contributed by atoms with van der Waals surface area (Å²) in [6.07, 6.45) is 1.44. The molecule has 1 fully saturated rings. The van der Waals surface area contributed by atoms with Gasteiger partial charge in [0, 0.05) is 37.6 Å². The largest absolute Gasteiger partial charge is 0.491 e. The van der Waals surface area contributed by atoms with E-state index in [-0.39, 0.29) is 23.3 Å². The maximum Gasteiger partial charge on any atom is 0.349 e. The number of carbonyl (C=O) groups is 2. The van der Waals surface area contributed by atoms with Crippen LogP contribution in [0.15, 0.2) is 56.3 Å². The normalized spacial score (nSPS) is 14.4. The second-order valence-electron chi connectivity index (χ2n) is 7.38. The number of rotatable bonds is 4. The highest BCUT2D eigenvalue weighted by Crippen LogP contribution is 2.22. The molecule has 1 aliphatic rings. The van der Waals surface area contributed by atoms with E-state index in [0.29, 0.717) is 42.9 Å². The Labute approximate surface area is 172 Å². The van der Waals surface area contributed by atoms with Gasteiger partial charge in [-0.25, -0.2) is 4.79 Å². The Morgan fingerprint density at radius 1 is 1.00 bits per heavy atom. The molecule has 0 atom stereocenters. The Hall–Kier alpha value is -3.55. The van der Waals surface area contributed by atoms with Gasteiger partial charge >= 0.3 is 5.63 Å². The average Bonchev–Trinajstić information content (AvgIpc) is 3.27. The molecular weight excluding hydrogens is 388 g/mol. The lowest BCUT2D eigenvalue weighted by molar-refractivity contribution is 0.0516. The van der Waals surface area contributed by atoms with E-state index in [0.717, 1.165) is 0 Å². The van der Waals surface area contributed by atoms with E-state index < -0.39 is 11.5 Å². The zero-order valence-electron chi connectivity index (χ0n) is 16.8. The van der Waals surface area contributed by atoms with E-state index >= 15 is 0 Å². The van der Waals surface area contributed by atoms with Crippen molar-refractivity contribution in [2.24, 2.45) is 0 Å². The van der Waals surface area contributed by atoms with Crippen LogP contribution in [-0.4, -0.2) is 53.9 Å². The monoisotopic (exact) mass is 410 g/mol. The number of fused-ring (bicyclic) bond motifs is 1. The third-order valence-corrected chi connectivity index (χ3v) is 4.90. The Bertz CT molecular complexity index is 1120. The van der Waals surface area contributed by atoms with Crippen molar-refractivity contribution in [1.29, 1.82) is 0 Å². The summed E-state index contributed by atoms with van der Waals surface area (Å²) in [6, 6.07) is 9.98. The fourth-order valence-corrected chi connectivity index (χ4v) is 3.43. The fourth-order valence-electron chi connectivity index (χ4n) is 3.43. The smallest absolute Gasteiger partial charge is 0.349 e. The van der Waals surface area contributed by atoms with Crippen LogP contribution < -0.4 is 10.4 Å². The van der Waals surface area contributed by atoms with Gasteiger partial charge in [0.05, 0.1) is 12.4 Å². The average molecular weight is 410 g/mol. The molecular formula is C22H22N2O6. The minimum absolute atomic E-state index is 0.00615. The maximum atomic E-state index is 12.9. The van der Waals surface area contributed by atoms with Gasteiger partial charge < -0.3 is 23.4 Å². The third kappa shape index (κ3) is 3.94. The number of ether oxygens (including phenoxy) is 1. The first-order valence-electron chi connectivity index (χ1n) is 9.79. The Kier molecular flexibility index (Phi) is 5.31. The van der Waals surface area contributed by atoms with Crippen LogP contribution in [0, 0.1) is 0 Å². The van der Waals surface area contributed by atoms with E-state index in [2.05, 4.69) is 0 Å². The molecule has 2 amide bonds. The van der Waals surface area contributed by atoms with Gasteiger partial charge in [0.1, 0.15) is 16.9 Å². The summed E-state index contributed by atoms with van der Waals surface area (Å²) in [6.45, 7) is 5.18. The van der Waals surface area contributed by atoms with Crippen molar-refractivity contribution in [3.05, 3.63) is 64.4 Å². The van der Waals surface area contributed by atoms with Crippen LogP contribution >= 0.6 is 0 Å². The number of hydrogen-bond donors (Lipinski definition) is 0. The van der Waals surface area contributed by atoms with Crippen molar-refractivity contribution in [2.45, 2.75) is 20.0 Å². The quantitative estimate of drug-likeness (QED) is 0.614. The summed E-state index contributed by atoms with van der Waals surface area (Å²) < 4.78 is 16.1. The second kappa shape index (κ2) is 8.06. The molecule has 2 aromatic heterocycles. The lowest BCUT2D eigenvalue weighted by atomic mass is 10.1. The van der Waals surface area contributed by atoms with Crippen molar-refractivity contribution in [2.75, 3.05) is 26.2 Å². The molecule has 0 spiro atoms. The van der Waals surface area contributed by atoms with Crippen LogP contribution in [0.3, 0.4) is 0 Å². The number of hydrogen-bond acceptors (Lipinski definition) is 6. The number of furan rings is 1. The van der Waals surface area contributed by atoms with Crippen LogP contribution in [0.25, 0.3) is 11.0 Å². The standard InChI is InChI=1S/C22H22N2O6/c1-14(2)29-16-6-5-15-12-17(22(27)30-19(15)13-16)20(25)23-7-9-24(10-8-23)21(26)18-4-3-11-28-18/h3-6,11-14H,7-10H2,1-2H3. The molecule has 0 saturated carbocycles. The maximum absolute atomic E-state index is 12.9. The van der Waals surface area contributed by atoms with Crippen LogP contribution in [0.2, 0.25) is 0 Å². The molecule has 1 aromatic carbocycles. The summed E-state index contributed by atoms with van der Waals surface area (Å²) in [5.74, 6) is 0.248. The molecule has 0 unspecified atom stereocenters. The first-order valence-corrected chi connectivity index (χ1v) is 9.79. The first kappa shape index (κ1) is 19.8. The molecule has 0 bridgehead atoms. The van der Waals surface area contributed by atoms with Crippen molar-refractivity contribution in [3.8, 4) is 5.75 Å². The summed E-state index contributed by atoms with van der Waals surface area (Å²) in [5, 5.41) is 0.640. The van der Waals surface area contributed by atoms with Crippen molar-refractivity contribution >= 4 is 22.8 Å². The van der Waals surface area contributed by atoms with Gasteiger partial charge in [0.15, 0.2) is 5.76 Å². The Morgan fingerprint density at radius 2 is 1.70 bits per heavy atom. The van der Waals surface area contributed by atoms with Crippen LogP contribution in [-0.2, 0) is 0 Å². The molecule has 1 saturated heterocycles. The summed E-state index contributed by atoms with van der Waals surface area (Å²) in [5.41, 5.74) is -0.349. The van der Waals surface area contributed by atoms with E-state index in [9.17, 15) is 14.4 Å². The molecule has 3 heterocycles. The zero-order chi connectivity index (χ0) is 21.3. The summed E-state index contributed by atoms with van der Waals surface area (Å²) >= 11 is 0. The molecule has 3 aromatic rings. The molecule has 30 heavy (non-hydrogen) atoms. The number of amides is 2.